The highest BCUT2D eigenvalue weighted by molar-refractivity contribution is 7.89. The topological polar surface area (TPSA) is 58.4 Å². The van der Waals surface area contributed by atoms with Crippen molar-refractivity contribution < 1.29 is 8.42 Å². The molecule has 0 bridgehead atoms. The third-order valence-electron chi connectivity index (χ3n) is 4.78. The molecule has 0 spiro atoms. The zero-order valence-electron chi connectivity index (χ0n) is 15.0. The van der Waals surface area contributed by atoms with Crippen LogP contribution >= 0.6 is 23.2 Å². The molecule has 0 aliphatic carbocycles. The summed E-state index contributed by atoms with van der Waals surface area (Å²) in [6.07, 6.45) is 0. The van der Waals surface area contributed by atoms with Crippen LogP contribution in [0.2, 0.25) is 10.0 Å². The predicted octanol–water partition coefficient (Wildman–Crippen LogP) is 2.85. The lowest BCUT2D eigenvalue weighted by Crippen LogP contribution is -2.48. The monoisotopic (exact) mass is 416 g/mol. The van der Waals surface area contributed by atoms with Gasteiger partial charge in [-0.1, -0.05) is 29.3 Å². The number of piperazine rings is 1. The van der Waals surface area contributed by atoms with Crippen molar-refractivity contribution >= 4 is 33.2 Å². The van der Waals surface area contributed by atoms with Crippen LogP contribution in [-0.2, 0) is 23.6 Å². The smallest absolute Gasteiger partial charge is 0.246 e. The van der Waals surface area contributed by atoms with Gasteiger partial charge in [0.25, 0.3) is 0 Å². The minimum absolute atomic E-state index is 0.328. The first-order valence-electron chi connectivity index (χ1n) is 8.37. The van der Waals surface area contributed by atoms with Gasteiger partial charge < -0.3 is 0 Å². The minimum atomic E-state index is -3.53. The van der Waals surface area contributed by atoms with Crippen LogP contribution in [0.15, 0.2) is 23.1 Å². The summed E-state index contributed by atoms with van der Waals surface area (Å²) in [5, 5.41) is 5.48. The molecule has 0 N–H and O–H groups in total. The SMILES string of the molecule is Cc1nn(C)c(C)c1S(=O)(=O)N1CCN(Cc2ccc(Cl)cc2Cl)CC1. The first-order chi connectivity index (χ1) is 12.2. The third kappa shape index (κ3) is 3.77. The highest BCUT2D eigenvalue weighted by atomic mass is 35.5. The Kier molecular flexibility index (Phi) is 5.65. The number of hydrogen-bond donors (Lipinski definition) is 0. The van der Waals surface area contributed by atoms with Crippen molar-refractivity contribution in [3.63, 3.8) is 0 Å². The quantitative estimate of drug-likeness (QED) is 0.768. The van der Waals surface area contributed by atoms with E-state index in [1.165, 1.54) is 0 Å². The molecule has 1 aromatic carbocycles. The molecule has 3 rings (SSSR count). The lowest BCUT2D eigenvalue weighted by molar-refractivity contribution is 0.181. The molecule has 0 radical (unpaired) electrons. The summed E-state index contributed by atoms with van der Waals surface area (Å²) in [6, 6.07) is 5.46. The van der Waals surface area contributed by atoms with E-state index < -0.39 is 10.0 Å². The number of halogens is 2. The Morgan fingerprint density at radius 2 is 1.77 bits per heavy atom. The fourth-order valence-corrected chi connectivity index (χ4v) is 5.57. The van der Waals surface area contributed by atoms with Gasteiger partial charge in [0, 0.05) is 49.8 Å². The average molecular weight is 417 g/mol. The zero-order chi connectivity index (χ0) is 19.1. The summed E-state index contributed by atoms with van der Waals surface area (Å²) < 4.78 is 29.2. The van der Waals surface area contributed by atoms with Crippen molar-refractivity contribution in [2.45, 2.75) is 25.3 Å². The summed E-state index contributed by atoms with van der Waals surface area (Å²) >= 11 is 12.2. The molecule has 0 unspecified atom stereocenters. The van der Waals surface area contributed by atoms with Crippen LogP contribution in [0.4, 0.5) is 0 Å². The normalized spacial score (nSPS) is 17.0. The van der Waals surface area contributed by atoms with Gasteiger partial charge in [0.05, 0.1) is 11.4 Å². The summed E-state index contributed by atoms with van der Waals surface area (Å²) in [5.74, 6) is 0. The van der Waals surface area contributed by atoms with E-state index in [4.69, 9.17) is 23.2 Å². The van der Waals surface area contributed by atoms with Crippen LogP contribution < -0.4 is 0 Å². The molecule has 1 fully saturated rings. The van der Waals surface area contributed by atoms with Gasteiger partial charge in [-0.3, -0.25) is 9.58 Å². The highest BCUT2D eigenvalue weighted by Crippen LogP contribution is 2.26. The van der Waals surface area contributed by atoms with E-state index in [-0.39, 0.29) is 0 Å². The van der Waals surface area contributed by atoms with Gasteiger partial charge in [-0.25, -0.2) is 8.42 Å². The number of aromatic nitrogens is 2. The van der Waals surface area contributed by atoms with Gasteiger partial charge in [-0.05, 0) is 31.5 Å². The van der Waals surface area contributed by atoms with Crippen molar-refractivity contribution in [2.75, 3.05) is 26.2 Å². The van der Waals surface area contributed by atoms with Crippen LogP contribution in [-0.4, -0.2) is 53.6 Å². The molecule has 1 saturated heterocycles. The largest absolute Gasteiger partial charge is 0.296 e. The zero-order valence-corrected chi connectivity index (χ0v) is 17.4. The molecule has 0 saturated carbocycles. The Labute approximate surface area is 164 Å². The number of aryl methyl sites for hydroxylation is 2. The summed E-state index contributed by atoms with van der Waals surface area (Å²) in [4.78, 5) is 2.53. The first kappa shape index (κ1) is 19.6. The maximum absolute atomic E-state index is 13.0. The molecule has 1 aliphatic heterocycles. The minimum Gasteiger partial charge on any atom is -0.296 e. The Morgan fingerprint density at radius 3 is 2.31 bits per heavy atom. The molecular formula is C17H22Cl2N4O2S. The predicted molar refractivity (Wildman–Crippen MR) is 103 cm³/mol. The number of hydrogen-bond acceptors (Lipinski definition) is 4. The van der Waals surface area contributed by atoms with Crippen LogP contribution in [0, 0.1) is 13.8 Å². The van der Waals surface area contributed by atoms with Gasteiger partial charge in [-0.15, -0.1) is 0 Å². The molecule has 1 aromatic heterocycles. The Bertz CT molecular complexity index is 919. The number of nitrogens with zero attached hydrogens (tertiary/aromatic N) is 4. The van der Waals surface area contributed by atoms with Crippen molar-refractivity contribution in [1.29, 1.82) is 0 Å². The van der Waals surface area contributed by atoms with Crippen LogP contribution in [0.5, 0.6) is 0 Å². The van der Waals surface area contributed by atoms with Crippen LogP contribution in [0.3, 0.4) is 0 Å². The van der Waals surface area contributed by atoms with Crippen molar-refractivity contribution in [1.82, 2.24) is 19.0 Å². The van der Waals surface area contributed by atoms with Crippen LogP contribution in [0.25, 0.3) is 0 Å². The van der Waals surface area contributed by atoms with Gasteiger partial charge in [0.1, 0.15) is 4.90 Å². The molecule has 1 aliphatic rings. The second-order valence-electron chi connectivity index (χ2n) is 6.54. The summed E-state index contributed by atoms with van der Waals surface area (Å²) in [5.41, 5.74) is 2.20. The second-order valence-corrected chi connectivity index (χ2v) is 9.26. The van der Waals surface area contributed by atoms with E-state index in [1.807, 2.05) is 12.1 Å². The maximum atomic E-state index is 13.0. The van der Waals surface area contributed by atoms with Gasteiger partial charge in [0.2, 0.25) is 10.0 Å². The molecule has 9 heteroatoms. The lowest BCUT2D eigenvalue weighted by atomic mass is 10.2. The maximum Gasteiger partial charge on any atom is 0.246 e. The third-order valence-corrected chi connectivity index (χ3v) is 7.52. The summed E-state index contributed by atoms with van der Waals surface area (Å²) in [6.45, 7) is 6.38. The fraction of sp³-hybridized carbons (Fsp3) is 0.471. The molecule has 6 nitrogen and oxygen atoms in total. The Balaban J connectivity index is 1.70. The molecule has 0 amide bonds. The number of sulfonamides is 1. The van der Waals surface area contributed by atoms with E-state index in [0.29, 0.717) is 59.1 Å². The second kappa shape index (κ2) is 7.48. The van der Waals surface area contributed by atoms with Gasteiger partial charge in [0.15, 0.2) is 0 Å². The number of benzene rings is 1. The highest BCUT2D eigenvalue weighted by Gasteiger charge is 2.32. The van der Waals surface area contributed by atoms with Crippen molar-refractivity contribution in [3.05, 3.63) is 45.2 Å². The summed E-state index contributed by atoms with van der Waals surface area (Å²) in [7, 11) is -1.77. The van der Waals surface area contributed by atoms with Crippen molar-refractivity contribution in [2.24, 2.45) is 7.05 Å². The molecule has 2 heterocycles. The Morgan fingerprint density at radius 1 is 1.12 bits per heavy atom. The fourth-order valence-electron chi connectivity index (χ4n) is 3.28. The molecule has 26 heavy (non-hydrogen) atoms. The van der Waals surface area contributed by atoms with Crippen LogP contribution in [0.1, 0.15) is 17.0 Å². The molecular weight excluding hydrogens is 395 g/mol. The molecule has 2 aromatic rings. The standard InChI is InChI=1S/C17H22Cl2N4O2S/c1-12-17(13(2)21(3)20-12)26(24,25)23-8-6-22(7-9-23)11-14-4-5-15(18)10-16(14)19/h4-5,10H,6-9,11H2,1-3H3. The van der Waals surface area contributed by atoms with E-state index in [2.05, 4.69) is 10.00 Å². The average Bonchev–Trinajstić information content (AvgIpc) is 2.83. The first-order valence-corrected chi connectivity index (χ1v) is 10.6. The molecule has 0 atom stereocenters. The Hall–Kier alpha value is -1.12. The van der Waals surface area contributed by atoms with E-state index in [9.17, 15) is 8.42 Å². The van der Waals surface area contributed by atoms with E-state index >= 15 is 0 Å². The van der Waals surface area contributed by atoms with E-state index in [1.54, 1.807) is 35.9 Å². The molecule has 142 valence electrons. The van der Waals surface area contributed by atoms with Crippen molar-refractivity contribution in [3.8, 4) is 0 Å². The lowest BCUT2D eigenvalue weighted by Gasteiger charge is -2.34. The van der Waals surface area contributed by atoms with Gasteiger partial charge >= 0.3 is 0 Å². The van der Waals surface area contributed by atoms with Gasteiger partial charge in [-0.2, -0.15) is 9.40 Å². The van der Waals surface area contributed by atoms with E-state index in [0.717, 1.165) is 5.56 Å². The number of rotatable bonds is 4.